The molecule has 104 valence electrons. The molecule has 0 saturated carbocycles. The number of rotatable bonds is 7. The fourth-order valence-electron chi connectivity index (χ4n) is 2.24. The van der Waals surface area contributed by atoms with Gasteiger partial charge in [0.05, 0.1) is 0 Å². The monoisotopic (exact) mass is 256 g/mol. The van der Waals surface area contributed by atoms with Crippen molar-refractivity contribution in [3.05, 3.63) is 11.5 Å². The standard InChI is InChI=1S/C14H24O4/c1-4-5-6-7-8-9-11(15)14(3)13(17)12(16)10(2)18-14/h11,15-16H,4-9H2,1-3H3. The Morgan fingerprint density at radius 2 is 1.89 bits per heavy atom. The van der Waals surface area contributed by atoms with E-state index in [1.807, 2.05) is 0 Å². The normalized spacial score (nSPS) is 25.4. The molecular weight excluding hydrogens is 232 g/mol. The maximum atomic E-state index is 11.8. The van der Waals surface area contributed by atoms with Crippen LogP contribution in [0.5, 0.6) is 0 Å². The summed E-state index contributed by atoms with van der Waals surface area (Å²) in [6.07, 6.45) is 5.10. The molecule has 4 nitrogen and oxygen atoms in total. The van der Waals surface area contributed by atoms with Crippen molar-refractivity contribution in [3.63, 3.8) is 0 Å². The third-order valence-electron chi connectivity index (χ3n) is 3.58. The molecule has 2 unspecified atom stereocenters. The number of Topliss-reactive ketones (excluding diaryl/α,β-unsaturated/α-hetero) is 1. The molecule has 1 heterocycles. The lowest BCUT2D eigenvalue weighted by molar-refractivity contribution is -0.142. The lowest BCUT2D eigenvalue weighted by Gasteiger charge is -2.28. The molecule has 0 aromatic heterocycles. The number of unbranched alkanes of at least 4 members (excludes halogenated alkanes) is 4. The summed E-state index contributed by atoms with van der Waals surface area (Å²) < 4.78 is 5.34. The highest BCUT2D eigenvalue weighted by molar-refractivity contribution is 6.02. The van der Waals surface area contributed by atoms with E-state index in [1.165, 1.54) is 19.8 Å². The maximum Gasteiger partial charge on any atom is 0.246 e. The van der Waals surface area contributed by atoms with Gasteiger partial charge in [0.1, 0.15) is 11.9 Å². The van der Waals surface area contributed by atoms with Crippen LogP contribution >= 0.6 is 0 Å². The largest absolute Gasteiger partial charge is 0.502 e. The highest BCUT2D eigenvalue weighted by Gasteiger charge is 2.49. The van der Waals surface area contributed by atoms with Crippen molar-refractivity contribution >= 4 is 5.78 Å². The Bertz CT molecular complexity index is 335. The van der Waals surface area contributed by atoms with Crippen LogP contribution in [-0.4, -0.2) is 27.7 Å². The van der Waals surface area contributed by atoms with E-state index in [2.05, 4.69) is 6.92 Å². The summed E-state index contributed by atoms with van der Waals surface area (Å²) in [6, 6.07) is 0. The van der Waals surface area contributed by atoms with Crippen LogP contribution in [-0.2, 0) is 9.53 Å². The summed E-state index contributed by atoms with van der Waals surface area (Å²) in [6.45, 7) is 5.23. The van der Waals surface area contributed by atoms with Crippen LogP contribution in [0, 0.1) is 0 Å². The van der Waals surface area contributed by atoms with E-state index in [0.717, 1.165) is 19.3 Å². The molecule has 0 amide bonds. The second-order valence-corrected chi connectivity index (χ2v) is 5.16. The maximum absolute atomic E-state index is 11.8. The Balaban J connectivity index is 2.43. The van der Waals surface area contributed by atoms with Crippen LogP contribution in [0.2, 0.25) is 0 Å². The van der Waals surface area contributed by atoms with Crippen LogP contribution < -0.4 is 0 Å². The van der Waals surface area contributed by atoms with Crippen LogP contribution in [0.3, 0.4) is 0 Å². The van der Waals surface area contributed by atoms with Crippen LogP contribution in [0.15, 0.2) is 11.5 Å². The number of aliphatic hydroxyl groups excluding tert-OH is 2. The molecule has 0 saturated heterocycles. The van der Waals surface area contributed by atoms with Gasteiger partial charge in [0.15, 0.2) is 5.60 Å². The fraction of sp³-hybridized carbons (Fsp3) is 0.786. The van der Waals surface area contributed by atoms with E-state index in [0.29, 0.717) is 6.42 Å². The number of hydrogen-bond donors (Lipinski definition) is 2. The summed E-state index contributed by atoms with van der Waals surface area (Å²) in [5, 5.41) is 19.6. The van der Waals surface area contributed by atoms with E-state index in [9.17, 15) is 15.0 Å². The average molecular weight is 256 g/mol. The van der Waals surface area contributed by atoms with Crippen molar-refractivity contribution in [3.8, 4) is 0 Å². The van der Waals surface area contributed by atoms with Gasteiger partial charge in [0.2, 0.25) is 11.5 Å². The van der Waals surface area contributed by atoms with Crippen molar-refractivity contribution in [1.29, 1.82) is 0 Å². The molecule has 0 spiro atoms. The lowest BCUT2D eigenvalue weighted by Crippen LogP contribution is -2.46. The molecule has 0 radical (unpaired) electrons. The molecule has 0 aromatic rings. The number of ether oxygens (including phenoxy) is 1. The third kappa shape index (κ3) is 3.05. The number of hydrogen-bond acceptors (Lipinski definition) is 4. The Morgan fingerprint density at radius 3 is 2.39 bits per heavy atom. The zero-order chi connectivity index (χ0) is 13.8. The van der Waals surface area contributed by atoms with E-state index in [1.54, 1.807) is 6.92 Å². The van der Waals surface area contributed by atoms with Gasteiger partial charge in [-0.15, -0.1) is 0 Å². The predicted molar refractivity (Wildman–Crippen MR) is 69.2 cm³/mol. The molecule has 2 N–H and O–H groups in total. The minimum Gasteiger partial charge on any atom is -0.502 e. The van der Waals surface area contributed by atoms with Gasteiger partial charge in [-0.1, -0.05) is 39.0 Å². The fourth-order valence-corrected chi connectivity index (χ4v) is 2.24. The Morgan fingerprint density at radius 1 is 1.28 bits per heavy atom. The van der Waals surface area contributed by atoms with Gasteiger partial charge in [-0.3, -0.25) is 4.79 Å². The first-order valence-corrected chi connectivity index (χ1v) is 6.75. The minimum absolute atomic E-state index is 0.201. The number of carbonyl (C=O) groups excluding carboxylic acids is 1. The minimum atomic E-state index is -1.31. The van der Waals surface area contributed by atoms with Gasteiger partial charge in [0.25, 0.3) is 0 Å². The van der Waals surface area contributed by atoms with Gasteiger partial charge in [-0.2, -0.15) is 0 Å². The molecule has 1 aliphatic rings. The topological polar surface area (TPSA) is 66.8 Å². The van der Waals surface area contributed by atoms with Gasteiger partial charge < -0.3 is 14.9 Å². The highest BCUT2D eigenvalue weighted by Crippen LogP contribution is 2.33. The smallest absolute Gasteiger partial charge is 0.246 e. The van der Waals surface area contributed by atoms with Gasteiger partial charge >= 0.3 is 0 Å². The summed E-state index contributed by atoms with van der Waals surface area (Å²) in [4.78, 5) is 11.8. The SMILES string of the molecule is CCCCCCCC(O)C1(C)OC(C)=C(O)C1=O. The van der Waals surface area contributed by atoms with E-state index in [-0.39, 0.29) is 11.5 Å². The van der Waals surface area contributed by atoms with E-state index in [4.69, 9.17) is 4.74 Å². The van der Waals surface area contributed by atoms with E-state index >= 15 is 0 Å². The van der Waals surface area contributed by atoms with Gasteiger partial charge in [-0.05, 0) is 20.3 Å². The second kappa shape index (κ2) is 6.23. The van der Waals surface area contributed by atoms with Crippen LogP contribution in [0.4, 0.5) is 0 Å². The molecule has 1 rings (SSSR count). The zero-order valence-electron chi connectivity index (χ0n) is 11.5. The van der Waals surface area contributed by atoms with Crippen LogP contribution in [0.1, 0.15) is 59.3 Å². The average Bonchev–Trinajstić information content (AvgIpc) is 2.54. The van der Waals surface area contributed by atoms with E-state index < -0.39 is 17.5 Å². The summed E-state index contributed by atoms with van der Waals surface area (Å²) in [5.41, 5.74) is -1.31. The van der Waals surface area contributed by atoms with Gasteiger partial charge in [-0.25, -0.2) is 0 Å². The first-order chi connectivity index (χ1) is 8.43. The Kier molecular flexibility index (Phi) is 5.20. The molecule has 0 fully saturated rings. The quantitative estimate of drug-likeness (QED) is 0.687. The van der Waals surface area contributed by atoms with Crippen molar-refractivity contribution in [2.75, 3.05) is 0 Å². The first kappa shape index (κ1) is 15.0. The third-order valence-corrected chi connectivity index (χ3v) is 3.58. The molecule has 18 heavy (non-hydrogen) atoms. The molecule has 0 bridgehead atoms. The van der Waals surface area contributed by atoms with Crippen molar-refractivity contribution in [2.24, 2.45) is 0 Å². The van der Waals surface area contributed by atoms with Crippen molar-refractivity contribution < 1.29 is 19.7 Å². The predicted octanol–water partition coefficient (Wildman–Crippen LogP) is 2.86. The molecule has 1 aliphatic heterocycles. The summed E-state index contributed by atoms with van der Waals surface area (Å²) in [5.74, 6) is -0.670. The zero-order valence-corrected chi connectivity index (χ0v) is 11.5. The Hall–Kier alpha value is -1.03. The van der Waals surface area contributed by atoms with Crippen molar-refractivity contribution in [1.82, 2.24) is 0 Å². The highest BCUT2D eigenvalue weighted by atomic mass is 16.5. The summed E-state index contributed by atoms with van der Waals surface area (Å²) >= 11 is 0. The Labute approximate surface area is 109 Å². The molecule has 0 aromatic carbocycles. The van der Waals surface area contributed by atoms with Gasteiger partial charge in [0, 0.05) is 0 Å². The molecule has 4 heteroatoms. The molecule has 0 aliphatic carbocycles. The molecule has 2 atom stereocenters. The lowest BCUT2D eigenvalue weighted by atomic mass is 9.90. The number of carbonyl (C=O) groups is 1. The van der Waals surface area contributed by atoms with Crippen LogP contribution in [0.25, 0.3) is 0 Å². The number of ketones is 1. The number of allylic oxidation sites excluding steroid dienone is 1. The summed E-state index contributed by atoms with van der Waals surface area (Å²) in [7, 11) is 0. The van der Waals surface area contributed by atoms with Crippen molar-refractivity contribution in [2.45, 2.75) is 71.0 Å². The second-order valence-electron chi connectivity index (χ2n) is 5.16. The molecular formula is C14H24O4. The first-order valence-electron chi connectivity index (χ1n) is 6.75. The number of aliphatic hydroxyl groups is 2.